The molecule has 0 aliphatic heterocycles. The Morgan fingerprint density at radius 3 is 2.57 bits per heavy atom. The molecule has 0 spiro atoms. The van der Waals surface area contributed by atoms with Crippen LogP contribution in [0.5, 0.6) is 0 Å². The lowest BCUT2D eigenvalue weighted by Crippen LogP contribution is -2.23. The summed E-state index contributed by atoms with van der Waals surface area (Å²) >= 11 is 4.78. The Kier molecular flexibility index (Phi) is 4.14. The predicted molar refractivity (Wildman–Crippen MR) is 113 cm³/mol. The molecule has 5 rings (SSSR count). The minimum absolute atomic E-state index is 0.174. The van der Waals surface area contributed by atoms with E-state index in [1.54, 1.807) is 0 Å². The fourth-order valence-electron chi connectivity index (χ4n) is 2.96. The topological polar surface area (TPSA) is 65.1 Å². The molecule has 3 heterocycles. The van der Waals surface area contributed by atoms with E-state index in [9.17, 15) is 4.79 Å². The van der Waals surface area contributed by atoms with Gasteiger partial charge in [-0.2, -0.15) is 14.7 Å². The van der Waals surface area contributed by atoms with E-state index in [-0.39, 0.29) is 5.56 Å². The number of thiazole rings is 1. The van der Waals surface area contributed by atoms with Crippen molar-refractivity contribution in [1.82, 2.24) is 24.4 Å². The molecule has 0 saturated carbocycles. The van der Waals surface area contributed by atoms with Gasteiger partial charge in [0.15, 0.2) is 0 Å². The Hall–Kier alpha value is -3.10. The minimum atomic E-state index is -0.174. The van der Waals surface area contributed by atoms with Gasteiger partial charge in [-0.1, -0.05) is 57.6 Å². The highest BCUT2D eigenvalue weighted by Crippen LogP contribution is 2.26. The summed E-state index contributed by atoms with van der Waals surface area (Å²) in [5.74, 6) is 0. The molecule has 0 unspecified atom stereocenters. The number of fused-ring (bicyclic) bond motifs is 1. The van der Waals surface area contributed by atoms with Crippen LogP contribution in [0.3, 0.4) is 0 Å². The number of benzene rings is 2. The molecule has 0 aliphatic rings. The lowest BCUT2D eigenvalue weighted by Gasteiger charge is -2.00. The fraction of sp³-hybridized carbons (Fsp3) is 0. The number of nitrogens with zero attached hydrogens (tertiary/aromatic N) is 5. The van der Waals surface area contributed by atoms with Crippen molar-refractivity contribution in [3.63, 3.8) is 0 Å². The first-order valence-corrected chi connectivity index (χ1v) is 10.1. The van der Waals surface area contributed by atoms with Crippen molar-refractivity contribution < 1.29 is 0 Å². The molecule has 0 bridgehead atoms. The maximum Gasteiger partial charge on any atom is 0.291 e. The molecule has 0 fully saturated rings. The van der Waals surface area contributed by atoms with E-state index < -0.39 is 0 Å². The third-order valence-corrected chi connectivity index (χ3v) is 5.79. The summed E-state index contributed by atoms with van der Waals surface area (Å²) in [5, 5.41) is 8.76. The quantitative estimate of drug-likeness (QED) is 0.423. The van der Waals surface area contributed by atoms with E-state index in [0.717, 1.165) is 27.0 Å². The van der Waals surface area contributed by atoms with E-state index in [0.29, 0.717) is 9.49 Å². The second kappa shape index (κ2) is 6.81. The highest BCUT2D eigenvalue weighted by molar-refractivity contribution is 9.10. The normalized spacial score (nSPS) is 12.1. The highest BCUT2D eigenvalue weighted by atomic mass is 79.9. The number of hydrogen-bond donors (Lipinski definition) is 0. The second-order valence-corrected chi connectivity index (χ2v) is 8.02. The van der Waals surface area contributed by atoms with Crippen molar-refractivity contribution in [2.75, 3.05) is 0 Å². The average molecular weight is 450 g/mol. The van der Waals surface area contributed by atoms with Gasteiger partial charge in [-0.05, 0) is 30.3 Å². The van der Waals surface area contributed by atoms with Crippen molar-refractivity contribution in [2.45, 2.75) is 0 Å². The van der Waals surface area contributed by atoms with Gasteiger partial charge < -0.3 is 0 Å². The Morgan fingerprint density at radius 2 is 1.82 bits per heavy atom. The molecule has 2 aromatic carbocycles. The van der Waals surface area contributed by atoms with E-state index in [4.69, 9.17) is 5.10 Å². The third kappa shape index (κ3) is 2.96. The smallest absolute Gasteiger partial charge is 0.266 e. The summed E-state index contributed by atoms with van der Waals surface area (Å²) in [5.41, 5.74) is 3.40. The molecule has 136 valence electrons. The Morgan fingerprint density at radius 1 is 1.04 bits per heavy atom. The fourth-order valence-corrected chi connectivity index (χ4v) is 4.09. The van der Waals surface area contributed by atoms with E-state index in [1.165, 1.54) is 22.2 Å². The van der Waals surface area contributed by atoms with Gasteiger partial charge in [0.05, 0.1) is 15.9 Å². The summed E-state index contributed by atoms with van der Waals surface area (Å²) in [6, 6.07) is 17.8. The van der Waals surface area contributed by atoms with Crippen molar-refractivity contribution >= 4 is 38.3 Å². The van der Waals surface area contributed by atoms with Gasteiger partial charge in [-0.3, -0.25) is 4.79 Å². The Labute approximate surface area is 171 Å². The van der Waals surface area contributed by atoms with Crippen LogP contribution in [-0.4, -0.2) is 24.4 Å². The van der Waals surface area contributed by atoms with Crippen molar-refractivity contribution in [1.29, 1.82) is 0 Å². The molecule has 5 aromatic rings. The van der Waals surface area contributed by atoms with E-state index in [2.05, 4.69) is 26.0 Å². The van der Waals surface area contributed by atoms with Crippen LogP contribution in [0.2, 0.25) is 0 Å². The maximum absolute atomic E-state index is 12.6. The van der Waals surface area contributed by atoms with Crippen LogP contribution in [0.15, 0.2) is 76.4 Å². The molecule has 0 saturated heterocycles. The first-order chi connectivity index (χ1) is 13.7. The zero-order valence-corrected chi connectivity index (χ0v) is 16.8. The summed E-state index contributed by atoms with van der Waals surface area (Å²) in [7, 11) is 0. The monoisotopic (exact) mass is 449 g/mol. The number of rotatable bonds is 3. The van der Waals surface area contributed by atoms with Gasteiger partial charge in [0, 0.05) is 21.8 Å². The summed E-state index contributed by atoms with van der Waals surface area (Å²) in [6.45, 7) is 0. The first-order valence-electron chi connectivity index (χ1n) is 8.44. The number of para-hydroxylation sites is 1. The molecule has 6 nitrogen and oxygen atoms in total. The molecule has 0 atom stereocenters. The first kappa shape index (κ1) is 17.0. The van der Waals surface area contributed by atoms with Gasteiger partial charge in [0.1, 0.15) is 6.33 Å². The van der Waals surface area contributed by atoms with Gasteiger partial charge in [-0.15, -0.1) is 0 Å². The number of halogens is 1. The number of hydrogen-bond acceptors (Lipinski definition) is 5. The lowest BCUT2D eigenvalue weighted by atomic mass is 10.1. The van der Waals surface area contributed by atoms with Crippen molar-refractivity contribution in [2.24, 2.45) is 0 Å². The average Bonchev–Trinajstić information content (AvgIpc) is 3.41. The molecule has 0 radical (unpaired) electrons. The molecule has 0 amide bonds. The molecule has 8 heteroatoms. The van der Waals surface area contributed by atoms with Crippen LogP contribution >= 0.6 is 27.3 Å². The number of aromatic nitrogens is 5. The molecular weight excluding hydrogens is 438 g/mol. The van der Waals surface area contributed by atoms with Gasteiger partial charge in [0.2, 0.25) is 4.96 Å². The predicted octanol–water partition coefficient (Wildman–Crippen LogP) is 3.31. The third-order valence-electron chi connectivity index (χ3n) is 4.29. The largest absolute Gasteiger partial charge is 0.291 e. The second-order valence-electron chi connectivity index (χ2n) is 6.09. The van der Waals surface area contributed by atoms with Crippen LogP contribution in [0, 0.1) is 0 Å². The molecular formula is C20H12BrN5OS. The van der Waals surface area contributed by atoms with Crippen LogP contribution < -0.4 is 10.1 Å². The lowest BCUT2D eigenvalue weighted by molar-refractivity contribution is 0.884. The summed E-state index contributed by atoms with van der Waals surface area (Å²) in [4.78, 5) is 17.3. The van der Waals surface area contributed by atoms with E-state index in [1.807, 2.05) is 71.6 Å². The zero-order chi connectivity index (χ0) is 19.1. The highest BCUT2D eigenvalue weighted by Gasteiger charge is 2.13. The molecule has 28 heavy (non-hydrogen) atoms. The van der Waals surface area contributed by atoms with Gasteiger partial charge in [-0.25, -0.2) is 9.67 Å². The molecule has 3 aromatic heterocycles. The van der Waals surface area contributed by atoms with Crippen LogP contribution in [-0.2, 0) is 0 Å². The van der Waals surface area contributed by atoms with Crippen molar-refractivity contribution in [3.05, 3.63) is 92.0 Å². The standard InChI is InChI=1S/C20H12BrN5OS/c21-15-8-6-13(7-9-15)18-14(11-25(24-18)16-4-2-1-3-5-16)10-17-19(27)26-20(28-17)22-12-23-26/h1-12H. The van der Waals surface area contributed by atoms with Gasteiger partial charge >= 0.3 is 0 Å². The summed E-state index contributed by atoms with van der Waals surface area (Å²) in [6.07, 6.45) is 5.17. The maximum atomic E-state index is 12.6. The molecule has 0 N–H and O–H groups in total. The minimum Gasteiger partial charge on any atom is -0.266 e. The zero-order valence-electron chi connectivity index (χ0n) is 14.4. The van der Waals surface area contributed by atoms with Crippen LogP contribution in [0.4, 0.5) is 0 Å². The SMILES string of the molecule is O=c1c(=Cc2cn(-c3ccccc3)nc2-c2ccc(Br)cc2)sc2ncnn12. The van der Waals surface area contributed by atoms with Gasteiger partial charge in [0.25, 0.3) is 5.56 Å². The van der Waals surface area contributed by atoms with Crippen molar-refractivity contribution in [3.8, 4) is 16.9 Å². The Balaban J connectivity index is 1.73. The van der Waals surface area contributed by atoms with Crippen LogP contribution in [0.25, 0.3) is 28.0 Å². The van der Waals surface area contributed by atoms with Crippen LogP contribution in [0.1, 0.15) is 5.56 Å². The summed E-state index contributed by atoms with van der Waals surface area (Å²) < 4.78 is 4.71. The Bertz CT molecular complexity index is 1390. The van der Waals surface area contributed by atoms with E-state index >= 15 is 0 Å². The molecule has 0 aliphatic carbocycles.